The average molecular weight is 435 g/mol. The van der Waals surface area contributed by atoms with Gasteiger partial charge in [0, 0.05) is 17.7 Å². The van der Waals surface area contributed by atoms with Gasteiger partial charge in [-0.15, -0.1) is 11.3 Å². The SMILES string of the molecule is Cc1cc(-c2cc(=O)n(CC(=O)c3ccc4c(c3)OCCO4)nc2-c2cccs2)on1. The molecule has 0 fully saturated rings. The van der Waals surface area contributed by atoms with E-state index < -0.39 is 5.56 Å². The second-order valence-electron chi connectivity index (χ2n) is 6.99. The normalized spacial score (nSPS) is 12.7. The first-order valence-corrected chi connectivity index (χ1v) is 10.5. The number of Topliss-reactive ketones (excluding diaryl/α,β-unsaturated/α-hetero) is 1. The molecule has 5 rings (SSSR count). The fourth-order valence-electron chi connectivity index (χ4n) is 3.32. The Hall–Kier alpha value is -3.72. The fourth-order valence-corrected chi connectivity index (χ4v) is 4.04. The van der Waals surface area contributed by atoms with E-state index in [0.29, 0.717) is 53.0 Å². The van der Waals surface area contributed by atoms with Crippen molar-refractivity contribution in [2.24, 2.45) is 0 Å². The van der Waals surface area contributed by atoms with E-state index in [2.05, 4.69) is 10.3 Å². The van der Waals surface area contributed by atoms with Crippen LogP contribution in [-0.4, -0.2) is 33.9 Å². The number of benzene rings is 1. The number of ether oxygens (including phenoxy) is 2. The first-order valence-electron chi connectivity index (χ1n) is 9.61. The van der Waals surface area contributed by atoms with Crippen molar-refractivity contribution < 1.29 is 18.8 Å². The summed E-state index contributed by atoms with van der Waals surface area (Å²) < 4.78 is 17.6. The molecule has 3 aromatic heterocycles. The molecule has 156 valence electrons. The molecule has 0 N–H and O–H groups in total. The maximum atomic E-state index is 12.9. The Labute approximate surface area is 180 Å². The summed E-state index contributed by atoms with van der Waals surface area (Å²) in [5.74, 6) is 1.32. The van der Waals surface area contributed by atoms with Gasteiger partial charge in [-0.3, -0.25) is 9.59 Å². The van der Waals surface area contributed by atoms with Crippen LogP contribution in [0.5, 0.6) is 11.5 Å². The molecule has 1 aliphatic heterocycles. The summed E-state index contributed by atoms with van der Waals surface area (Å²) in [6.45, 7) is 2.51. The smallest absolute Gasteiger partial charge is 0.267 e. The van der Waals surface area contributed by atoms with Crippen LogP contribution in [0.1, 0.15) is 16.1 Å². The van der Waals surface area contributed by atoms with Crippen molar-refractivity contribution in [3.05, 3.63) is 69.5 Å². The van der Waals surface area contributed by atoms with Gasteiger partial charge >= 0.3 is 0 Å². The molecule has 0 amide bonds. The molecule has 1 aromatic carbocycles. The second kappa shape index (κ2) is 7.84. The van der Waals surface area contributed by atoms with Crippen LogP contribution < -0.4 is 15.0 Å². The summed E-state index contributed by atoms with van der Waals surface area (Å²) in [4.78, 5) is 26.5. The van der Waals surface area contributed by atoms with Crippen molar-refractivity contribution in [2.75, 3.05) is 13.2 Å². The highest BCUT2D eigenvalue weighted by atomic mass is 32.1. The van der Waals surface area contributed by atoms with E-state index in [1.54, 1.807) is 31.2 Å². The summed E-state index contributed by atoms with van der Waals surface area (Å²) in [6, 6.07) is 12.0. The van der Waals surface area contributed by atoms with Crippen molar-refractivity contribution in [1.82, 2.24) is 14.9 Å². The summed E-state index contributed by atoms with van der Waals surface area (Å²) in [7, 11) is 0. The summed E-state index contributed by atoms with van der Waals surface area (Å²) >= 11 is 1.48. The standard InChI is InChI=1S/C22H17N3O5S/c1-13-9-18(30-24-13)15-11-21(27)25(23-22(15)20-3-2-8-31-20)12-16(26)14-4-5-17-19(10-14)29-7-6-28-17/h2-5,8-11H,6-7,12H2,1H3. The maximum absolute atomic E-state index is 12.9. The molecule has 0 saturated carbocycles. The predicted molar refractivity (Wildman–Crippen MR) is 114 cm³/mol. The van der Waals surface area contributed by atoms with Crippen LogP contribution in [0.15, 0.2) is 57.2 Å². The monoisotopic (exact) mass is 435 g/mol. The minimum Gasteiger partial charge on any atom is -0.486 e. The quantitative estimate of drug-likeness (QED) is 0.442. The van der Waals surface area contributed by atoms with Crippen molar-refractivity contribution in [2.45, 2.75) is 13.5 Å². The van der Waals surface area contributed by atoms with Gasteiger partial charge in [0.1, 0.15) is 25.5 Å². The highest BCUT2D eigenvalue weighted by Gasteiger charge is 2.20. The third-order valence-corrected chi connectivity index (χ3v) is 5.68. The largest absolute Gasteiger partial charge is 0.486 e. The number of thiophene rings is 1. The van der Waals surface area contributed by atoms with Crippen molar-refractivity contribution in [1.29, 1.82) is 0 Å². The van der Waals surface area contributed by atoms with E-state index in [0.717, 1.165) is 4.88 Å². The van der Waals surface area contributed by atoms with Gasteiger partial charge in [0.2, 0.25) is 0 Å². The Bertz CT molecular complexity index is 1320. The summed E-state index contributed by atoms with van der Waals surface area (Å²) in [5, 5.41) is 10.3. The van der Waals surface area contributed by atoms with E-state index >= 15 is 0 Å². The molecule has 9 heteroatoms. The van der Waals surface area contributed by atoms with Gasteiger partial charge in [0.15, 0.2) is 23.0 Å². The van der Waals surface area contributed by atoms with Crippen molar-refractivity contribution >= 4 is 17.1 Å². The lowest BCUT2D eigenvalue weighted by Gasteiger charge is -2.18. The van der Waals surface area contributed by atoms with E-state index in [4.69, 9.17) is 14.0 Å². The van der Waals surface area contributed by atoms with Crippen LogP contribution >= 0.6 is 11.3 Å². The topological polar surface area (TPSA) is 96.5 Å². The number of ketones is 1. The predicted octanol–water partition coefficient (Wildman–Crippen LogP) is 3.59. The molecule has 0 saturated heterocycles. The second-order valence-corrected chi connectivity index (χ2v) is 7.94. The van der Waals surface area contributed by atoms with Gasteiger partial charge in [-0.05, 0) is 36.6 Å². The highest BCUT2D eigenvalue weighted by Crippen LogP contribution is 2.33. The minimum atomic E-state index is -0.407. The number of fused-ring (bicyclic) bond motifs is 1. The first kappa shape index (κ1) is 19.3. The lowest BCUT2D eigenvalue weighted by Crippen LogP contribution is -2.27. The zero-order valence-electron chi connectivity index (χ0n) is 16.5. The van der Waals surface area contributed by atoms with Gasteiger partial charge in [-0.1, -0.05) is 11.2 Å². The molecule has 0 spiro atoms. The van der Waals surface area contributed by atoms with Crippen molar-refractivity contribution in [3.63, 3.8) is 0 Å². The number of aryl methyl sites for hydroxylation is 1. The molecule has 8 nitrogen and oxygen atoms in total. The summed E-state index contributed by atoms with van der Waals surface area (Å²) in [5.41, 5.74) is 1.81. The van der Waals surface area contributed by atoms with Crippen LogP contribution in [0.25, 0.3) is 21.9 Å². The zero-order valence-corrected chi connectivity index (χ0v) is 17.3. The van der Waals surface area contributed by atoms with Crippen LogP contribution in [0.3, 0.4) is 0 Å². The third kappa shape index (κ3) is 3.75. The average Bonchev–Trinajstić information content (AvgIpc) is 3.46. The van der Waals surface area contributed by atoms with Crippen LogP contribution in [0.2, 0.25) is 0 Å². The molecule has 1 aliphatic rings. The lowest BCUT2D eigenvalue weighted by atomic mass is 10.1. The Balaban J connectivity index is 1.52. The molecule has 0 radical (unpaired) electrons. The van der Waals surface area contributed by atoms with Gasteiger partial charge in [-0.2, -0.15) is 5.10 Å². The molecule has 0 aliphatic carbocycles. The van der Waals surface area contributed by atoms with E-state index in [1.807, 2.05) is 17.5 Å². The number of carbonyl (C=O) groups is 1. The molecule has 31 heavy (non-hydrogen) atoms. The highest BCUT2D eigenvalue weighted by molar-refractivity contribution is 7.13. The number of hydrogen-bond acceptors (Lipinski definition) is 8. The number of rotatable bonds is 5. The summed E-state index contributed by atoms with van der Waals surface area (Å²) in [6.07, 6.45) is 0. The minimum absolute atomic E-state index is 0.202. The maximum Gasteiger partial charge on any atom is 0.267 e. The number of hydrogen-bond donors (Lipinski definition) is 0. The molecular formula is C22H17N3O5S. The molecule has 4 aromatic rings. The van der Waals surface area contributed by atoms with E-state index in [1.165, 1.54) is 22.1 Å². The van der Waals surface area contributed by atoms with Gasteiger partial charge < -0.3 is 14.0 Å². The van der Waals surface area contributed by atoms with Gasteiger partial charge in [0.05, 0.1) is 16.1 Å². The van der Waals surface area contributed by atoms with Gasteiger partial charge in [0.25, 0.3) is 5.56 Å². The fraction of sp³-hybridized carbons (Fsp3) is 0.182. The first-order chi connectivity index (χ1) is 15.1. The Morgan fingerprint density at radius 3 is 2.71 bits per heavy atom. The molecule has 0 unspecified atom stereocenters. The van der Waals surface area contributed by atoms with E-state index in [-0.39, 0.29) is 12.3 Å². The number of nitrogens with zero attached hydrogens (tertiary/aromatic N) is 3. The van der Waals surface area contributed by atoms with Crippen LogP contribution in [0.4, 0.5) is 0 Å². The number of carbonyl (C=O) groups excluding carboxylic acids is 1. The zero-order chi connectivity index (χ0) is 21.4. The van der Waals surface area contributed by atoms with Gasteiger partial charge in [-0.25, -0.2) is 4.68 Å². The Kier molecular flexibility index (Phi) is 4.87. The van der Waals surface area contributed by atoms with Crippen molar-refractivity contribution in [3.8, 4) is 33.4 Å². The number of aromatic nitrogens is 3. The molecule has 0 bridgehead atoms. The Morgan fingerprint density at radius 2 is 1.97 bits per heavy atom. The molecule has 0 atom stereocenters. The van der Waals surface area contributed by atoms with Crippen LogP contribution in [0, 0.1) is 6.92 Å². The van der Waals surface area contributed by atoms with E-state index in [9.17, 15) is 9.59 Å². The van der Waals surface area contributed by atoms with Crippen LogP contribution in [-0.2, 0) is 6.54 Å². The third-order valence-electron chi connectivity index (χ3n) is 4.80. The molecule has 4 heterocycles. The molecular weight excluding hydrogens is 418 g/mol. The lowest BCUT2D eigenvalue weighted by molar-refractivity contribution is 0.0964. The Morgan fingerprint density at radius 1 is 1.13 bits per heavy atom.